The normalized spacial score (nSPS) is 14.1. The van der Waals surface area contributed by atoms with E-state index in [1.165, 1.54) is 6.92 Å². The molecule has 10 heteroatoms. The quantitative estimate of drug-likeness (QED) is 0.514. The number of benzene rings is 1. The summed E-state index contributed by atoms with van der Waals surface area (Å²) in [5.41, 5.74) is 2.50. The number of likely N-dealkylation sites (tertiary alicyclic amines) is 1. The van der Waals surface area contributed by atoms with E-state index in [1.807, 2.05) is 13.0 Å². The number of aromatic amines is 1. The molecule has 0 unspecified atom stereocenters. The summed E-state index contributed by atoms with van der Waals surface area (Å²) in [7, 11) is 2.13. The van der Waals surface area contributed by atoms with Crippen LogP contribution in [0, 0.1) is 26.6 Å². The SMILES string of the molecule is CCN(c1cc(Cl)cc(C(=O)NCc2c(C)c(F)c(C)[nH]c2=O)c1C)C1CCN(C)CC1.O=CO. The van der Waals surface area contributed by atoms with Gasteiger partial charge in [0, 0.05) is 41.0 Å². The fraction of sp³-hybridized carbons (Fsp3) is 0.480. The zero-order chi connectivity index (χ0) is 26.3. The molecule has 1 aromatic carbocycles. The van der Waals surface area contributed by atoms with Crippen LogP contribution in [0.4, 0.5) is 10.1 Å². The Balaban J connectivity index is 0.00000137. The van der Waals surface area contributed by atoms with Crippen LogP contribution in [-0.2, 0) is 11.3 Å². The molecule has 2 aromatic rings. The van der Waals surface area contributed by atoms with Crippen LogP contribution in [-0.4, -0.2) is 60.1 Å². The Morgan fingerprint density at radius 1 is 1.29 bits per heavy atom. The second kappa shape index (κ2) is 12.7. The molecular formula is C25H34ClFN4O4. The summed E-state index contributed by atoms with van der Waals surface area (Å²) in [5, 5.41) is 10.1. The van der Waals surface area contributed by atoms with Gasteiger partial charge in [0.25, 0.3) is 17.9 Å². The average molecular weight is 509 g/mol. The molecule has 3 N–H and O–H groups in total. The predicted molar refractivity (Wildman–Crippen MR) is 136 cm³/mol. The Morgan fingerprint density at radius 3 is 2.46 bits per heavy atom. The molecule has 0 spiro atoms. The van der Waals surface area contributed by atoms with Gasteiger partial charge in [0.1, 0.15) is 5.82 Å². The Bertz CT molecular complexity index is 1110. The van der Waals surface area contributed by atoms with Crippen molar-refractivity contribution in [2.75, 3.05) is 31.6 Å². The maximum absolute atomic E-state index is 14.2. The molecule has 192 valence electrons. The first kappa shape index (κ1) is 28.3. The third kappa shape index (κ3) is 6.82. The van der Waals surface area contributed by atoms with Crippen molar-refractivity contribution in [2.45, 2.75) is 53.1 Å². The number of amides is 1. The van der Waals surface area contributed by atoms with Crippen molar-refractivity contribution in [1.82, 2.24) is 15.2 Å². The van der Waals surface area contributed by atoms with Crippen molar-refractivity contribution in [3.8, 4) is 0 Å². The van der Waals surface area contributed by atoms with Crippen LogP contribution in [0.25, 0.3) is 0 Å². The average Bonchev–Trinajstić information content (AvgIpc) is 2.81. The van der Waals surface area contributed by atoms with E-state index in [1.54, 1.807) is 13.0 Å². The fourth-order valence-corrected chi connectivity index (χ4v) is 4.70. The number of anilines is 1. The summed E-state index contributed by atoms with van der Waals surface area (Å²) >= 11 is 6.42. The predicted octanol–water partition coefficient (Wildman–Crippen LogP) is 3.64. The minimum Gasteiger partial charge on any atom is -0.483 e. The summed E-state index contributed by atoms with van der Waals surface area (Å²) in [6, 6.07) is 3.95. The summed E-state index contributed by atoms with van der Waals surface area (Å²) < 4.78 is 14.2. The molecule has 1 saturated heterocycles. The number of hydrogen-bond acceptors (Lipinski definition) is 5. The number of H-pyrrole nitrogens is 1. The molecular weight excluding hydrogens is 475 g/mol. The van der Waals surface area contributed by atoms with Crippen LogP contribution >= 0.6 is 11.6 Å². The highest BCUT2D eigenvalue weighted by atomic mass is 35.5. The summed E-state index contributed by atoms with van der Waals surface area (Å²) in [6.45, 7) is 9.65. The highest BCUT2D eigenvalue weighted by Crippen LogP contribution is 2.31. The Labute approximate surface area is 210 Å². The summed E-state index contributed by atoms with van der Waals surface area (Å²) in [4.78, 5) is 40.8. The minimum atomic E-state index is -0.466. The van der Waals surface area contributed by atoms with E-state index in [9.17, 15) is 14.0 Å². The van der Waals surface area contributed by atoms with Gasteiger partial charge in [-0.3, -0.25) is 14.4 Å². The highest BCUT2D eigenvalue weighted by Gasteiger charge is 2.25. The summed E-state index contributed by atoms with van der Waals surface area (Å²) in [6.07, 6.45) is 2.11. The molecule has 0 bridgehead atoms. The lowest BCUT2D eigenvalue weighted by atomic mass is 9.99. The maximum Gasteiger partial charge on any atom is 0.290 e. The van der Waals surface area contributed by atoms with Crippen molar-refractivity contribution >= 4 is 29.7 Å². The first-order valence-electron chi connectivity index (χ1n) is 11.5. The molecule has 0 saturated carbocycles. The van der Waals surface area contributed by atoms with E-state index in [4.69, 9.17) is 21.5 Å². The van der Waals surface area contributed by atoms with E-state index in [-0.39, 0.29) is 35.7 Å². The summed E-state index contributed by atoms with van der Waals surface area (Å²) in [5.74, 6) is -0.808. The number of carbonyl (C=O) groups is 2. The topological polar surface area (TPSA) is 106 Å². The first-order valence-corrected chi connectivity index (χ1v) is 11.9. The third-order valence-electron chi connectivity index (χ3n) is 6.48. The minimum absolute atomic E-state index is 0.0645. The number of carboxylic acid groups (broad SMARTS) is 1. The fourth-order valence-electron chi connectivity index (χ4n) is 4.49. The van der Waals surface area contributed by atoms with Crippen LogP contribution in [0.3, 0.4) is 0 Å². The molecule has 1 fully saturated rings. The first-order chi connectivity index (χ1) is 16.5. The van der Waals surface area contributed by atoms with Gasteiger partial charge in [-0.25, -0.2) is 4.39 Å². The zero-order valence-electron chi connectivity index (χ0n) is 20.9. The second-order valence-electron chi connectivity index (χ2n) is 8.70. The van der Waals surface area contributed by atoms with Crippen molar-refractivity contribution in [2.24, 2.45) is 0 Å². The number of hydrogen-bond donors (Lipinski definition) is 3. The van der Waals surface area contributed by atoms with Gasteiger partial charge in [0.2, 0.25) is 0 Å². The number of nitrogens with one attached hydrogen (secondary N) is 2. The molecule has 1 aromatic heterocycles. The number of aryl methyl sites for hydroxylation is 1. The van der Waals surface area contributed by atoms with Gasteiger partial charge >= 0.3 is 0 Å². The molecule has 1 aliphatic heterocycles. The standard InChI is InChI=1S/C24H32ClFN4O2.CH2O2/c1-6-30(18-7-9-29(5)10-8-18)21-12-17(25)11-19(14(21)2)23(31)27-13-20-15(3)22(26)16(4)28-24(20)32;2-1-3/h11-12,18H,6-10,13H2,1-5H3,(H,27,31)(H,28,32);1H,(H,2,3). The lowest BCUT2D eigenvalue weighted by Crippen LogP contribution is -2.44. The molecule has 35 heavy (non-hydrogen) atoms. The molecule has 0 radical (unpaired) electrons. The van der Waals surface area contributed by atoms with Gasteiger partial charge in [-0.2, -0.15) is 0 Å². The largest absolute Gasteiger partial charge is 0.483 e. The van der Waals surface area contributed by atoms with E-state index >= 15 is 0 Å². The van der Waals surface area contributed by atoms with E-state index in [0.717, 1.165) is 43.7 Å². The Morgan fingerprint density at radius 2 is 1.89 bits per heavy atom. The van der Waals surface area contributed by atoms with Crippen molar-refractivity contribution in [1.29, 1.82) is 0 Å². The van der Waals surface area contributed by atoms with Crippen molar-refractivity contribution < 1.29 is 19.1 Å². The van der Waals surface area contributed by atoms with Crippen LogP contribution < -0.4 is 15.8 Å². The molecule has 3 rings (SSSR count). The molecule has 8 nitrogen and oxygen atoms in total. The number of aromatic nitrogens is 1. The number of carbonyl (C=O) groups excluding carboxylic acids is 1. The molecule has 1 amide bonds. The van der Waals surface area contributed by atoms with Crippen LogP contribution in [0.1, 0.15) is 52.5 Å². The Hall–Kier alpha value is -2.91. The number of pyridine rings is 1. The lowest BCUT2D eigenvalue weighted by Gasteiger charge is -2.39. The van der Waals surface area contributed by atoms with Crippen LogP contribution in [0.15, 0.2) is 16.9 Å². The number of piperidine rings is 1. The van der Waals surface area contributed by atoms with Crippen molar-refractivity contribution in [3.05, 3.63) is 61.3 Å². The third-order valence-corrected chi connectivity index (χ3v) is 6.70. The number of halogens is 2. The monoisotopic (exact) mass is 508 g/mol. The van der Waals surface area contributed by atoms with Gasteiger partial charge in [-0.1, -0.05) is 11.6 Å². The number of nitrogens with zero attached hydrogens (tertiary/aromatic N) is 2. The zero-order valence-corrected chi connectivity index (χ0v) is 21.6. The Kier molecular flexibility index (Phi) is 10.3. The molecule has 2 heterocycles. The van der Waals surface area contributed by atoms with E-state index in [2.05, 4.69) is 34.1 Å². The smallest absolute Gasteiger partial charge is 0.290 e. The van der Waals surface area contributed by atoms with Gasteiger partial charge in [-0.15, -0.1) is 0 Å². The molecule has 0 atom stereocenters. The van der Waals surface area contributed by atoms with Gasteiger partial charge in [-0.05, 0) is 83.9 Å². The number of rotatable bonds is 6. The van der Waals surface area contributed by atoms with Gasteiger partial charge in [0.15, 0.2) is 0 Å². The van der Waals surface area contributed by atoms with E-state index < -0.39 is 11.4 Å². The van der Waals surface area contributed by atoms with Crippen molar-refractivity contribution in [3.63, 3.8) is 0 Å². The van der Waals surface area contributed by atoms with Crippen LogP contribution in [0.5, 0.6) is 0 Å². The van der Waals surface area contributed by atoms with E-state index in [0.29, 0.717) is 16.6 Å². The van der Waals surface area contributed by atoms with Crippen LogP contribution in [0.2, 0.25) is 5.02 Å². The van der Waals surface area contributed by atoms with Gasteiger partial charge < -0.3 is 25.2 Å². The lowest BCUT2D eigenvalue weighted by molar-refractivity contribution is -0.122. The second-order valence-corrected chi connectivity index (χ2v) is 9.14. The molecule has 1 aliphatic rings. The molecule has 0 aliphatic carbocycles. The highest BCUT2D eigenvalue weighted by molar-refractivity contribution is 6.31. The van der Waals surface area contributed by atoms with Gasteiger partial charge in [0.05, 0.1) is 5.69 Å². The maximum atomic E-state index is 14.2.